The maximum absolute atomic E-state index is 12.4. The van der Waals surface area contributed by atoms with Gasteiger partial charge in [-0.15, -0.1) is 0 Å². The minimum atomic E-state index is -0.880. The van der Waals surface area contributed by atoms with E-state index < -0.39 is 5.97 Å². The summed E-state index contributed by atoms with van der Waals surface area (Å²) < 4.78 is 8.05. The van der Waals surface area contributed by atoms with Crippen molar-refractivity contribution in [1.82, 2.24) is 4.57 Å². The van der Waals surface area contributed by atoms with E-state index in [9.17, 15) is 9.90 Å². The lowest BCUT2D eigenvalue weighted by molar-refractivity contribution is 0.0683. The second-order valence-electron chi connectivity index (χ2n) is 8.47. The number of hydrogen-bond acceptors (Lipinski definition) is 2. The number of benzene rings is 4. The fourth-order valence-electron chi connectivity index (χ4n) is 4.75. The van der Waals surface area contributed by atoms with Gasteiger partial charge in [0.15, 0.2) is 0 Å². The molecule has 0 aliphatic heterocycles. The Labute approximate surface area is 199 Å². The molecule has 1 N–H and O–H groups in total. The summed E-state index contributed by atoms with van der Waals surface area (Å²) >= 11 is 0. The fourth-order valence-corrected chi connectivity index (χ4v) is 4.75. The molecule has 0 amide bonds. The molecule has 0 fully saturated rings. The number of carboxylic acid groups (broad SMARTS) is 1. The number of aromatic nitrogens is 1. The number of fused-ring (bicyclic) bond motifs is 2. The fraction of sp³-hybridized carbons (Fsp3) is 0.167. The molecular weight excluding hydrogens is 422 g/mol. The van der Waals surface area contributed by atoms with Crippen molar-refractivity contribution >= 4 is 27.6 Å². The first kappa shape index (κ1) is 21.8. The van der Waals surface area contributed by atoms with E-state index in [0.29, 0.717) is 31.7 Å². The molecule has 0 radical (unpaired) electrons. The van der Waals surface area contributed by atoms with Gasteiger partial charge in [-0.2, -0.15) is 0 Å². The summed E-state index contributed by atoms with van der Waals surface area (Å²) in [7, 11) is 0. The zero-order chi connectivity index (χ0) is 23.3. The highest BCUT2D eigenvalue weighted by Crippen LogP contribution is 2.29. The molecule has 0 aliphatic rings. The van der Waals surface area contributed by atoms with Gasteiger partial charge in [0.2, 0.25) is 0 Å². The van der Waals surface area contributed by atoms with Crippen LogP contribution in [0.25, 0.3) is 21.7 Å². The van der Waals surface area contributed by atoms with Crippen LogP contribution in [0.3, 0.4) is 0 Å². The Morgan fingerprint density at radius 3 is 2.29 bits per heavy atom. The van der Waals surface area contributed by atoms with E-state index >= 15 is 0 Å². The first-order chi connectivity index (χ1) is 16.7. The van der Waals surface area contributed by atoms with Gasteiger partial charge in [-0.3, -0.25) is 0 Å². The number of carbonyl (C=O) groups is 1. The van der Waals surface area contributed by atoms with Crippen LogP contribution in [0.4, 0.5) is 0 Å². The molecule has 4 heteroatoms. The molecule has 0 unspecified atom stereocenters. The van der Waals surface area contributed by atoms with E-state index in [1.165, 1.54) is 5.56 Å². The molecule has 4 nitrogen and oxygen atoms in total. The number of hydrogen-bond donors (Lipinski definition) is 1. The van der Waals surface area contributed by atoms with Crippen molar-refractivity contribution in [3.63, 3.8) is 0 Å². The molecule has 170 valence electrons. The van der Waals surface area contributed by atoms with Gasteiger partial charge in [0.05, 0.1) is 6.61 Å². The van der Waals surface area contributed by atoms with E-state index in [1.807, 2.05) is 71.3 Å². The number of para-hydroxylation sites is 1. The first-order valence-corrected chi connectivity index (χ1v) is 11.7. The Kier molecular flexibility index (Phi) is 6.30. The average molecular weight is 450 g/mol. The Morgan fingerprint density at radius 1 is 0.765 bits per heavy atom. The molecule has 0 atom stereocenters. The summed E-state index contributed by atoms with van der Waals surface area (Å²) in [5, 5.41) is 13.4. The lowest BCUT2D eigenvalue weighted by atomic mass is 10.0. The standard InChI is InChI=1S/C30H27NO3/c32-30(33)29-26(19-18-22-10-2-1-3-11-22)25-15-6-7-16-27(25)31(29)20-9-21-34-28-17-8-13-23-12-4-5-14-24(23)28/h1-8,10-17H,9,18-21H2,(H,32,33). The summed E-state index contributed by atoms with van der Waals surface area (Å²) in [5.41, 5.74) is 3.47. The minimum Gasteiger partial charge on any atom is -0.493 e. The summed E-state index contributed by atoms with van der Waals surface area (Å²) in [6, 6.07) is 32.4. The molecular formula is C30H27NO3. The van der Waals surface area contributed by atoms with Crippen molar-refractivity contribution in [2.24, 2.45) is 0 Å². The topological polar surface area (TPSA) is 51.5 Å². The maximum atomic E-state index is 12.4. The van der Waals surface area contributed by atoms with Crippen molar-refractivity contribution in [1.29, 1.82) is 0 Å². The van der Waals surface area contributed by atoms with Crippen molar-refractivity contribution in [3.05, 3.63) is 114 Å². The Morgan fingerprint density at radius 2 is 1.47 bits per heavy atom. The number of aryl methyl sites for hydroxylation is 3. The summed E-state index contributed by atoms with van der Waals surface area (Å²) in [4.78, 5) is 12.4. The van der Waals surface area contributed by atoms with Crippen molar-refractivity contribution in [2.45, 2.75) is 25.8 Å². The van der Waals surface area contributed by atoms with Crippen molar-refractivity contribution in [3.8, 4) is 5.75 Å². The third-order valence-corrected chi connectivity index (χ3v) is 6.32. The second kappa shape index (κ2) is 9.84. The van der Waals surface area contributed by atoms with Gasteiger partial charge in [0, 0.05) is 22.8 Å². The van der Waals surface area contributed by atoms with Crippen molar-refractivity contribution in [2.75, 3.05) is 6.61 Å². The van der Waals surface area contributed by atoms with Crippen LogP contribution in [-0.4, -0.2) is 22.2 Å². The normalized spacial score (nSPS) is 11.2. The van der Waals surface area contributed by atoms with E-state index in [4.69, 9.17) is 4.74 Å². The first-order valence-electron chi connectivity index (χ1n) is 11.7. The molecule has 34 heavy (non-hydrogen) atoms. The van der Waals surface area contributed by atoms with Crippen molar-refractivity contribution < 1.29 is 14.6 Å². The van der Waals surface area contributed by atoms with Crippen LogP contribution in [0.5, 0.6) is 5.75 Å². The molecule has 5 aromatic rings. The number of rotatable bonds is 9. The van der Waals surface area contributed by atoms with Crippen LogP contribution in [0.1, 0.15) is 28.0 Å². The Bertz CT molecular complexity index is 1430. The van der Waals surface area contributed by atoms with Crippen LogP contribution in [0, 0.1) is 0 Å². The highest BCUT2D eigenvalue weighted by molar-refractivity contribution is 5.98. The summed E-state index contributed by atoms with van der Waals surface area (Å²) in [5.74, 6) is -0.0216. The van der Waals surface area contributed by atoms with Gasteiger partial charge in [-0.1, -0.05) is 84.9 Å². The van der Waals surface area contributed by atoms with Gasteiger partial charge in [0.25, 0.3) is 0 Å². The third kappa shape index (κ3) is 4.40. The number of ether oxygens (including phenoxy) is 1. The number of aromatic carboxylic acids is 1. The van der Waals surface area contributed by atoms with Gasteiger partial charge in [-0.25, -0.2) is 4.79 Å². The maximum Gasteiger partial charge on any atom is 0.352 e. The highest BCUT2D eigenvalue weighted by atomic mass is 16.5. The van der Waals surface area contributed by atoms with Gasteiger partial charge in [0.1, 0.15) is 11.4 Å². The largest absolute Gasteiger partial charge is 0.493 e. The highest BCUT2D eigenvalue weighted by Gasteiger charge is 2.21. The Hall–Kier alpha value is -4.05. The molecule has 5 rings (SSSR count). The van der Waals surface area contributed by atoms with Gasteiger partial charge >= 0.3 is 5.97 Å². The monoisotopic (exact) mass is 449 g/mol. The summed E-state index contributed by atoms with van der Waals surface area (Å²) in [6.45, 7) is 1.09. The van der Waals surface area contributed by atoms with E-state index in [-0.39, 0.29) is 0 Å². The van der Waals surface area contributed by atoms with E-state index in [2.05, 4.69) is 30.3 Å². The van der Waals surface area contributed by atoms with Crippen LogP contribution in [-0.2, 0) is 19.4 Å². The minimum absolute atomic E-state index is 0.391. The van der Waals surface area contributed by atoms with Gasteiger partial charge in [-0.05, 0) is 47.9 Å². The van der Waals surface area contributed by atoms with Crippen LogP contribution in [0.2, 0.25) is 0 Å². The predicted octanol–water partition coefficient (Wildman–Crippen LogP) is 6.75. The number of carboxylic acids is 1. The smallest absolute Gasteiger partial charge is 0.352 e. The number of nitrogens with zero attached hydrogens (tertiary/aromatic N) is 1. The molecule has 4 aromatic carbocycles. The van der Waals surface area contributed by atoms with Crippen LogP contribution in [0.15, 0.2) is 97.1 Å². The third-order valence-electron chi connectivity index (χ3n) is 6.32. The lowest BCUT2D eigenvalue weighted by Gasteiger charge is -2.12. The zero-order valence-corrected chi connectivity index (χ0v) is 19.0. The molecule has 0 saturated heterocycles. The molecule has 0 aliphatic carbocycles. The van der Waals surface area contributed by atoms with E-state index in [1.54, 1.807) is 0 Å². The van der Waals surface area contributed by atoms with E-state index in [0.717, 1.165) is 39.4 Å². The quantitative estimate of drug-likeness (QED) is 0.253. The molecule has 0 spiro atoms. The summed E-state index contributed by atoms with van der Waals surface area (Å²) in [6.07, 6.45) is 2.20. The zero-order valence-electron chi connectivity index (χ0n) is 19.0. The molecule has 0 bridgehead atoms. The second-order valence-corrected chi connectivity index (χ2v) is 8.47. The van der Waals surface area contributed by atoms with Gasteiger partial charge < -0.3 is 14.4 Å². The predicted molar refractivity (Wildman–Crippen MR) is 137 cm³/mol. The SMILES string of the molecule is O=C(O)c1c(CCc2ccccc2)c2ccccc2n1CCCOc1cccc2ccccc12. The van der Waals surface area contributed by atoms with Crippen LogP contribution >= 0.6 is 0 Å². The molecule has 1 aromatic heterocycles. The Balaban J connectivity index is 1.37. The van der Waals surface area contributed by atoms with Crippen LogP contribution < -0.4 is 4.74 Å². The molecule has 0 saturated carbocycles. The molecule has 1 heterocycles. The lowest BCUT2D eigenvalue weighted by Crippen LogP contribution is -2.13. The average Bonchev–Trinajstić information content (AvgIpc) is 3.19.